The topological polar surface area (TPSA) is 54.0 Å². The van der Waals surface area contributed by atoms with Gasteiger partial charge in [0, 0.05) is 18.3 Å². The first kappa shape index (κ1) is 9.86. The van der Waals surface area contributed by atoms with E-state index >= 15 is 0 Å². The first-order valence-corrected chi connectivity index (χ1v) is 4.92. The molecule has 15 heavy (non-hydrogen) atoms. The number of anilines is 1. The number of hydrogen-bond donors (Lipinski definition) is 2. The molecular weight excluding hydrogens is 190 g/mol. The summed E-state index contributed by atoms with van der Waals surface area (Å²) in [6.07, 6.45) is 5.70. The predicted octanol–water partition coefficient (Wildman–Crippen LogP) is 1.16. The molecule has 0 atom stereocenters. The number of aromatic nitrogens is 1. The van der Waals surface area contributed by atoms with Crippen molar-refractivity contribution in [3.8, 4) is 0 Å². The number of hydrogen-bond acceptors (Lipinski definition) is 3. The van der Waals surface area contributed by atoms with Crippen LogP contribution in [0.2, 0.25) is 0 Å². The first-order chi connectivity index (χ1) is 7.29. The number of amides is 1. The van der Waals surface area contributed by atoms with E-state index < -0.39 is 0 Å². The highest BCUT2D eigenvalue weighted by molar-refractivity contribution is 5.92. The summed E-state index contributed by atoms with van der Waals surface area (Å²) in [7, 11) is 0. The lowest BCUT2D eigenvalue weighted by molar-refractivity contribution is -0.115. The van der Waals surface area contributed by atoms with Crippen LogP contribution in [-0.2, 0) is 11.3 Å². The highest BCUT2D eigenvalue weighted by atomic mass is 16.2. The van der Waals surface area contributed by atoms with Gasteiger partial charge in [0.05, 0.1) is 6.54 Å². The van der Waals surface area contributed by atoms with Crippen LogP contribution in [0.5, 0.6) is 0 Å². The quantitative estimate of drug-likeness (QED) is 0.720. The van der Waals surface area contributed by atoms with E-state index in [2.05, 4.69) is 15.6 Å². The van der Waals surface area contributed by atoms with E-state index in [-0.39, 0.29) is 5.91 Å². The van der Waals surface area contributed by atoms with Crippen LogP contribution in [-0.4, -0.2) is 17.4 Å². The number of rotatable bonds is 1. The molecule has 2 N–H and O–H groups in total. The Bertz CT molecular complexity index is 412. The van der Waals surface area contributed by atoms with E-state index in [4.69, 9.17) is 0 Å². The van der Waals surface area contributed by atoms with Crippen LogP contribution in [0.3, 0.4) is 0 Å². The molecule has 1 aliphatic heterocycles. The fourth-order valence-electron chi connectivity index (χ4n) is 1.55. The molecule has 0 saturated heterocycles. The summed E-state index contributed by atoms with van der Waals surface area (Å²) in [5.41, 5.74) is 2.07. The second-order valence-corrected chi connectivity index (χ2v) is 3.43. The zero-order valence-electron chi connectivity index (χ0n) is 8.58. The lowest BCUT2D eigenvalue weighted by Crippen LogP contribution is -2.23. The molecule has 1 amide bonds. The first-order valence-electron chi connectivity index (χ1n) is 4.92. The highest BCUT2D eigenvalue weighted by Gasteiger charge is 2.12. The largest absolute Gasteiger partial charge is 0.309 e. The molecular formula is C11H13N3O. The van der Waals surface area contributed by atoms with Crippen molar-refractivity contribution in [1.82, 2.24) is 10.3 Å². The summed E-state index contributed by atoms with van der Waals surface area (Å²) < 4.78 is 0. The van der Waals surface area contributed by atoms with Gasteiger partial charge in [-0.2, -0.15) is 0 Å². The summed E-state index contributed by atoms with van der Waals surface area (Å²) in [6.45, 7) is 2.98. The summed E-state index contributed by atoms with van der Waals surface area (Å²) in [5, 5.41) is 5.80. The third-order valence-electron chi connectivity index (χ3n) is 2.21. The van der Waals surface area contributed by atoms with E-state index in [9.17, 15) is 4.79 Å². The molecule has 1 aliphatic rings. The summed E-state index contributed by atoms with van der Waals surface area (Å²) in [4.78, 5) is 15.5. The number of allylic oxidation sites excluding steroid dienone is 1. The van der Waals surface area contributed by atoms with Crippen molar-refractivity contribution in [1.29, 1.82) is 0 Å². The average Bonchev–Trinajstić information content (AvgIpc) is 2.39. The van der Waals surface area contributed by atoms with Crippen molar-refractivity contribution in [2.75, 3.05) is 11.9 Å². The molecule has 78 valence electrons. The van der Waals surface area contributed by atoms with E-state index in [0.717, 1.165) is 11.1 Å². The Morgan fingerprint density at radius 2 is 2.33 bits per heavy atom. The van der Waals surface area contributed by atoms with Gasteiger partial charge in [0.15, 0.2) is 0 Å². The number of carbonyl (C=O) groups is 1. The highest BCUT2D eigenvalue weighted by Crippen LogP contribution is 2.16. The van der Waals surface area contributed by atoms with Gasteiger partial charge in [-0.1, -0.05) is 12.2 Å². The normalized spacial score (nSPS) is 15.9. The van der Waals surface area contributed by atoms with Crippen molar-refractivity contribution in [3.05, 3.63) is 29.5 Å². The van der Waals surface area contributed by atoms with Gasteiger partial charge in [0.1, 0.15) is 5.82 Å². The molecule has 0 fully saturated rings. The van der Waals surface area contributed by atoms with Crippen LogP contribution < -0.4 is 10.6 Å². The van der Waals surface area contributed by atoms with E-state index in [1.54, 1.807) is 6.20 Å². The number of fused-ring (bicyclic) bond motifs is 1. The molecule has 0 aliphatic carbocycles. The van der Waals surface area contributed by atoms with Gasteiger partial charge < -0.3 is 10.6 Å². The second-order valence-electron chi connectivity index (χ2n) is 3.43. The van der Waals surface area contributed by atoms with Gasteiger partial charge in [-0.3, -0.25) is 4.79 Å². The fourth-order valence-corrected chi connectivity index (χ4v) is 1.55. The molecule has 4 nitrogen and oxygen atoms in total. The minimum absolute atomic E-state index is 0.0416. The third-order valence-corrected chi connectivity index (χ3v) is 2.21. The lowest BCUT2D eigenvalue weighted by atomic mass is 10.2. The van der Waals surface area contributed by atoms with Gasteiger partial charge in [0.2, 0.25) is 5.91 Å². The molecule has 0 bridgehead atoms. The predicted molar refractivity (Wildman–Crippen MR) is 59.3 cm³/mol. The Morgan fingerprint density at radius 3 is 3.13 bits per heavy atom. The van der Waals surface area contributed by atoms with Crippen LogP contribution in [0.25, 0.3) is 6.08 Å². The number of pyridine rings is 1. The van der Waals surface area contributed by atoms with Crippen molar-refractivity contribution in [2.45, 2.75) is 13.5 Å². The maximum absolute atomic E-state index is 11.2. The van der Waals surface area contributed by atoms with Crippen LogP contribution >= 0.6 is 0 Å². The number of nitrogens with zero attached hydrogens (tertiary/aromatic N) is 1. The summed E-state index contributed by atoms with van der Waals surface area (Å²) in [6, 6.07) is 2.03. The molecule has 2 rings (SSSR count). The monoisotopic (exact) mass is 203 g/mol. The molecule has 0 saturated carbocycles. The van der Waals surface area contributed by atoms with E-state index in [1.807, 2.05) is 25.1 Å². The third kappa shape index (κ3) is 2.22. The Morgan fingerprint density at radius 1 is 1.47 bits per heavy atom. The van der Waals surface area contributed by atoms with Crippen LogP contribution in [0.15, 0.2) is 18.3 Å². The van der Waals surface area contributed by atoms with E-state index in [0.29, 0.717) is 18.9 Å². The van der Waals surface area contributed by atoms with Crippen molar-refractivity contribution in [3.63, 3.8) is 0 Å². The lowest BCUT2D eigenvalue weighted by Gasteiger charge is -2.05. The molecule has 1 aromatic rings. The second kappa shape index (κ2) is 4.23. The Labute approximate surface area is 88.4 Å². The van der Waals surface area contributed by atoms with Crippen molar-refractivity contribution >= 4 is 17.8 Å². The zero-order chi connectivity index (χ0) is 10.7. The van der Waals surface area contributed by atoms with Gasteiger partial charge in [-0.05, 0) is 18.6 Å². The molecule has 0 aromatic carbocycles. The maximum atomic E-state index is 11.2. The van der Waals surface area contributed by atoms with Gasteiger partial charge >= 0.3 is 0 Å². The fraction of sp³-hybridized carbons (Fsp3) is 0.273. The number of nitrogens with one attached hydrogen (secondary N) is 2. The standard InChI is InChI=1S/C11H13N3O/c1-2-3-8-4-9-6-12-7-10(15)14-11(9)13-5-8/h2-5,12H,6-7H2,1H3,(H,13,14,15)/b3-2+. The summed E-state index contributed by atoms with van der Waals surface area (Å²) >= 11 is 0. The minimum atomic E-state index is -0.0416. The maximum Gasteiger partial charge on any atom is 0.239 e. The van der Waals surface area contributed by atoms with Crippen LogP contribution in [0.1, 0.15) is 18.1 Å². The van der Waals surface area contributed by atoms with Crippen molar-refractivity contribution < 1.29 is 4.79 Å². The smallest absolute Gasteiger partial charge is 0.239 e. The molecule has 4 heteroatoms. The van der Waals surface area contributed by atoms with Gasteiger partial charge in [-0.25, -0.2) is 4.98 Å². The Hall–Kier alpha value is -1.68. The molecule has 1 aromatic heterocycles. The van der Waals surface area contributed by atoms with Gasteiger partial charge in [0.25, 0.3) is 0 Å². The zero-order valence-corrected chi connectivity index (χ0v) is 8.58. The number of carbonyl (C=O) groups excluding carboxylic acids is 1. The molecule has 0 spiro atoms. The molecule has 2 heterocycles. The Balaban J connectivity index is 2.35. The Kier molecular flexibility index (Phi) is 2.78. The molecule has 0 radical (unpaired) electrons. The molecule has 0 unspecified atom stereocenters. The van der Waals surface area contributed by atoms with E-state index in [1.165, 1.54) is 0 Å². The summed E-state index contributed by atoms with van der Waals surface area (Å²) in [5.74, 6) is 0.623. The SMILES string of the molecule is C/C=C/c1cnc2c(c1)CNCC(=O)N2. The van der Waals surface area contributed by atoms with Crippen LogP contribution in [0, 0.1) is 0 Å². The van der Waals surface area contributed by atoms with Crippen LogP contribution in [0.4, 0.5) is 5.82 Å². The van der Waals surface area contributed by atoms with Crippen molar-refractivity contribution in [2.24, 2.45) is 0 Å². The minimum Gasteiger partial charge on any atom is -0.309 e. The van der Waals surface area contributed by atoms with Gasteiger partial charge in [-0.15, -0.1) is 0 Å². The average molecular weight is 203 g/mol.